The lowest BCUT2D eigenvalue weighted by molar-refractivity contribution is 0.285. The molecule has 0 saturated heterocycles. The summed E-state index contributed by atoms with van der Waals surface area (Å²) in [4.78, 5) is 18.7. The van der Waals surface area contributed by atoms with Gasteiger partial charge in [0.15, 0.2) is 11.6 Å². The Morgan fingerprint density at radius 3 is 2.58 bits per heavy atom. The van der Waals surface area contributed by atoms with Crippen LogP contribution in [0, 0.1) is 30.0 Å². The molecule has 1 saturated carbocycles. The first kappa shape index (κ1) is 25.4. The molecule has 1 heterocycles. The van der Waals surface area contributed by atoms with Gasteiger partial charge in [-0.05, 0) is 60.9 Å². The first-order valence-corrected chi connectivity index (χ1v) is 13.1. The predicted molar refractivity (Wildman–Crippen MR) is 146 cm³/mol. The van der Waals surface area contributed by atoms with Crippen molar-refractivity contribution in [1.82, 2.24) is 9.55 Å². The van der Waals surface area contributed by atoms with Gasteiger partial charge in [0.1, 0.15) is 11.9 Å². The highest BCUT2D eigenvalue weighted by Crippen LogP contribution is 2.31. The predicted octanol–water partition coefficient (Wildman–Crippen LogP) is 6.55. The van der Waals surface area contributed by atoms with Gasteiger partial charge in [-0.3, -0.25) is 9.36 Å². The van der Waals surface area contributed by atoms with Gasteiger partial charge in [-0.1, -0.05) is 61.9 Å². The van der Waals surface area contributed by atoms with E-state index >= 15 is 0 Å². The number of aryl methyl sites for hydroxylation is 2. The van der Waals surface area contributed by atoms with E-state index in [1.54, 1.807) is 19.1 Å². The fraction of sp³-hybridized carbons (Fsp3) is 0.281. The summed E-state index contributed by atoms with van der Waals surface area (Å²) in [6.45, 7) is 4.31. The highest BCUT2D eigenvalue weighted by Gasteiger charge is 2.23. The number of halogens is 1. The maximum absolute atomic E-state index is 14.9. The monoisotopic (exact) mass is 507 g/mol. The Labute approximate surface area is 222 Å². The number of nitriles is 1. The quantitative estimate of drug-likeness (QED) is 0.258. The summed E-state index contributed by atoms with van der Waals surface area (Å²) < 4.78 is 22.0. The van der Waals surface area contributed by atoms with Gasteiger partial charge in [-0.2, -0.15) is 5.26 Å². The van der Waals surface area contributed by atoms with Gasteiger partial charge in [0.25, 0.3) is 5.56 Å². The van der Waals surface area contributed by atoms with Crippen molar-refractivity contribution >= 4 is 0 Å². The van der Waals surface area contributed by atoms with Gasteiger partial charge in [0.05, 0.1) is 23.6 Å². The second-order valence-corrected chi connectivity index (χ2v) is 9.84. The zero-order valence-electron chi connectivity index (χ0n) is 21.7. The molecule has 3 aromatic carbocycles. The summed E-state index contributed by atoms with van der Waals surface area (Å²) in [5.41, 5.74) is 4.45. The second kappa shape index (κ2) is 11.0. The Hall–Kier alpha value is -4.24. The SMILES string of the molecule is CCCc1nc(C)n(-c2ccc(OCC3CC3)c(F)c2)c(=O)c1Cc1cccc(-c2ccccc2)c1C#N. The molecule has 1 aliphatic rings. The van der Waals surface area contributed by atoms with Crippen LogP contribution in [0.5, 0.6) is 5.75 Å². The van der Waals surface area contributed by atoms with Crippen molar-refractivity contribution in [2.75, 3.05) is 6.61 Å². The molecule has 0 aliphatic heterocycles. The van der Waals surface area contributed by atoms with Crippen molar-refractivity contribution in [2.24, 2.45) is 5.92 Å². The summed E-state index contributed by atoms with van der Waals surface area (Å²) in [6, 6.07) is 22.4. The molecule has 192 valence electrons. The van der Waals surface area contributed by atoms with Crippen molar-refractivity contribution < 1.29 is 9.13 Å². The van der Waals surface area contributed by atoms with Crippen molar-refractivity contribution in [1.29, 1.82) is 5.26 Å². The fourth-order valence-corrected chi connectivity index (χ4v) is 4.81. The molecule has 5 rings (SSSR count). The maximum Gasteiger partial charge on any atom is 0.261 e. The van der Waals surface area contributed by atoms with Crippen LogP contribution >= 0.6 is 0 Å². The van der Waals surface area contributed by atoms with Crippen LogP contribution in [-0.4, -0.2) is 16.2 Å². The van der Waals surface area contributed by atoms with Gasteiger partial charge < -0.3 is 4.74 Å². The van der Waals surface area contributed by atoms with Crippen molar-refractivity contribution in [3.8, 4) is 28.6 Å². The van der Waals surface area contributed by atoms with Crippen LogP contribution in [0.2, 0.25) is 0 Å². The van der Waals surface area contributed by atoms with E-state index in [-0.39, 0.29) is 17.7 Å². The summed E-state index contributed by atoms with van der Waals surface area (Å²) in [5, 5.41) is 10.1. The Balaban J connectivity index is 1.57. The molecule has 0 atom stereocenters. The van der Waals surface area contributed by atoms with E-state index in [9.17, 15) is 14.4 Å². The van der Waals surface area contributed by atoms with E-state index in [2.05, 4.69) is 6.07 Å². The molecule has 0 radical (unpaired) electrons. The minimum atomic E-state index is -0.504. The van der Waals surface area contributed by atoms with Crippen molar-refractivity contribution in [2.45, 2.75) is 46.0 Å². The van der Waals surface area contributed by atoms with Gasteiger partial charge >= 0.3 is 0 Å². The molecule has 0 spiro atoms. The summed E-state index contributed by atoms with van der Waals surface area (Å²) in [7, 11) is 0. The lowest BCUT2D eigenvalue weighted by atomic mass is 9.92. The van der Waals surface area contributed by atoms with E-state index in [4.69, 9.17) is 9.72 Å². The third kappa shape index (κ3) is 5.24. The van der Waals surface area contributed by atoms with Gasteiger partial charge in [-0.15, -0.1) is 0 Å². The highest BCUT2D eigenvalue weighted by atomic mass is 19.1. The molecule has 1 aliphatic carbocycles. The molecule has 38 heavy (non-hydrogen) atoms. The minimum absolute atomic E-state index is 0.193. The number of rotatable bonds is 9. The molecule has 1 fully saturated rings. The summed E-state index contributed by atoms with van der Waals surface area (Å²) in [6.07, 6.45) is 3.95. The Bertz CT molecular complexity index is 1570. The first-order chi connectivity index (χ1) is 18.5. The Kier molecular flexibility index (Phi) is 7.37. The number of nitrogens with zero attached hydrogens (tertiary/aromatic N) is 3. The van der Waals surface area contributed by atoms with Crippen LogP contribution in [0.3, 0.4) is 0 Å². The molecule has 6 heteroatoms. The number of ether oxygens (including phenoxy) is 1. The zero-order valence-corrected chi connectivity index (χ0v) is 21.7. The van der Waals surface area contributed by atoms with E-state index in [1.807, 2.05) is 55.5 Å². The standard InChI is InChI=1S/C32H30FN3O2/c1-3-8-30-27(17-24-11-7-12-26(28(24)19-34)23-9-5-4-6-10-23)32(37)36(21(2)35-30)25-15-16-31(29(33)18-25)38-20-22-13-14-22/h4-7,9-12,15-16,18,22H,3,8,13-14,17,20H2,1-2H3. The third-order valence-electron chi connectivity index (χ3n) is 6.98. The highest BCUT2D eigenvalue weighted by molar-refractivity contribution is 5.72. The molecular weight excluding hydrogens is 477 g/mol. The van der Waals surface area contributed by atoms with Gasteiger partial charge in [-0.25, -0.2) is 9.37 Å². The summed E-state index contributed by atoms with van der Waals surface area (Å²) in [5.74, 6) is 0.691. The van der Waals surface area contributed by atoms with E-state index in [0.29, 0.717) is 47.3 Å². The smallest absolute Gasteiger partial charge is 0.261 e. The maximum atomic E-state index is 14.9. The number of hydrogen-bond acceptors (Lipinski definition) is 4. The van der Waals surface area contributed by atoms with E-state index in [0.717, 1.165) is 36.0 Å². The van der Waals surface area contributed by atoms with Crippen LogP contribution in [-0.2, 0) is 12.8 Å². The average molecular weight is 508 g/mol. The topological polar surface area (TPSA) is 67.9 Å². The van der Waals surface area contributed by atoms with Crippen LogP contribution < -0.4 is 10.3 Å². The van der Waals surface area contributed by atoms with Crippen LogP contribution in [0.1, 0.15) is 54.4 Å². The molecule has 1 aromatic heterocycles. The average Bonchev–Trinajstić information content (AvgIpc) is 3.75. The zero-order chi connectivity index (χ0) is 26.6. The summed E-state index contributed by atoms with van der Waals surface area (Å²) >= 11 is 0. The van der Waals surface area contributed by atoms with Crippen LogP contribution in [0.25, 0.3) is 16.8 Å². The first-order valence-electron chi connectivity index (χ1n) is 13.1. The van der Waals surface area contributed by atoms with Crippen molar-refractivity contribution in [3.05, 3.63) is 111 Å². The molecular formula is C32H30FN3O2. The minimum Gasteiger partial charge on any atom is -0.490 e. The normalized spacial score (nSPS) is 12.8. The van der Waals surface area contributed by atoms with Crippen molar-refractivity contribution in [3.63, 3.8) is 0 Å². The molecule has 5 nitrogen and oxygen atoms in total. The molecule has 0 unspecified atom stereocenters. The molecule has 0 N–H and O–H groups in total. The fourth-order valence-electron chi connectivity index (χ4n) is 4.81. The molecule has 0 amide bonds. The third-order valence-corrected chi connectivity index (χ3v) is 6.98. The van der Waals surface area contributed by atoms with E-state index in [1.165, 1.54) is 10.6 Å². The molecule has 4 aromatic rings. The number of benzene rings is 3. The van der Waals surface area contributed by atoms with E-state index < -0.39 is 5.82 Å². The lowest BCUT2D eigenvalue weighted by Gasteiger charge is -2.17. The van der Waals surface area contributed by atoms with Crippen LogP contribution in [0.15, 0.2) is 71.5 Å². The Morgan fingerprint density at radius 2 is 1.89 bits per heavy atom. The Morgan fingerprint density at radius 1 is 1.11 bits per heavy atom. The number of aromatic nitrogens is 2. The van der Waals surface area contributed by atoms with Gasteiger partial charge in [0.2, 0.25) is 0 Å². The number of hydrogen-bond donors (Lipinski definition) is 0. The van der Waals surface area contributed by atoms with Crippen LogP contribution in [0.4, 0.5) is 4.39 Å². The lowest BCUT2D eigenvalue weighted by Crippen LogP contribution is -2.28. The largest absolute Gasteiger partial charge is 0.490 e. The van der Waals surface area contributed by atoms with Gasteiger partial charge in [0, 0.05) is 18.1 Å². The second-order valence-electron chi connectivity index (χ2n) is 9.84. The molecule has 0 bridgehead atoms.